The molecule has 1 aromatic heterocycles. The molecule has 1 aliphatic carbocycles. The van der Waals surface area contributed by atoms with E-state index in [4.69, 9.17) is 28.9 Å². The van der Waals surface area contributed by atoms with Crippen molar-refractivity contribution in [3.63, 3.8) is 0 Å². The molecule has 3 rings (SSSR count). The predicted molar refractivity (Wildman–Crippen MR) is 108 cm³/mol. The summed E-state index contributed by atoms with van der Waals surface area (Å²) in [7, 11) is -3.84. The van der Waals surface area contributed by atoms with Gasteiger partial charge in [0.1, 0.15) is 0 Å². The Bertz CT molecular complexity index is 913. The number of halogens is 2. The lowest BCUT2D eigenvalue weighted by atomic mass is 9.84. The lowest BCUT2D eigenvalue weighted by molar-refractivity contribution is -0.124. The largest absolute Gasteiger partial charge is 0.369 e. The molecule has 1 aliphatic rings. The maximum atomic E-state index is 13.4. The first-order chi connectivity index (χ1) is 12.8. The van der Waals surface area contributed by atoms with E-state index in [1.54, 1.807) is 24.3 Å². The Morgan fingerprint density at radius 1 is 1.11 bits per heavy atom. The first-order valence-electron chi connectivity index (χ1n) is 8.60. The molecule has 0 bridgehead atoms. The van der Waals surface area contributed by atoms with Crippen LogP contribution in [0.4, 0.5) is 0 Å². The van der Waals surface area contributed by atoms with Crippen molar-refractivity contribution in [3.05, 3.63) is 50.6 Å². The summed E-state index contributed by atoms with van der Waals surface area (Å²) in [5.41, 5.74) is 5.60. The Morgan fingerprint density at radius 3 is 2.37 bits per heavy atom. The van der Waals surface area contributed by atoms with E-state index in [0.29, 0.717) is 22.2 Å². The summed E-state index contributed by atoms with van der Waals surface area (Å²) in [6.45, 7) is 0.150. The molecule has 0 unspecified atom stereocenters. The van der Waals surface area contributed by atoms with Crippen LogP contribution in [-0.4, -0.2) is 24.7 Å². The van der Waals surface area contributed by atoms with E-state index >= 15 is 0 Å². The minimum Gasteiger partial charge on any atom is -0.369 e. The Balaban J connectivity index is 2.03. The highest BCUT2D eigenvalue weighted by molar-refractivity contribution is 7.89. The number of carbonyl (C=O) groups is 1. The molecule has 0 spiro atoms. The minimum absolute atomic E-state index is 0.142. The molecule has 27 heavy (non-hydrogen) atoms. The van der Waals surface area contributed by atoms with Crippen molar-refractivity contribution in [2.75, 3.05) is 0 Å². The SMILES string of the molecule is NC(=O)[C@H]1CCCC[C@H]1N(Cc1ccc(Cl)s1)S(=O)(=O)c1ccc(Cl)cc1. The predicted octanol–water partition coefficient (Wildman–Crippen LogP) is 4.29. The third-order valence-electron chi connectivity index (χ3n) is 4.83. The van der Waals surface area contributed by atoms with Crippen LogP contribution in [-0.2, 0) is 21.4 Å². The first-order valence-corrected chi connectivity index (χ1v) is 11.6. The molecule has 1 aromatic carbocycles. The van der Waals surface area contributed by atoms with Gasteiger partial charge in [-0.1, -0.05) is 36.0 Å². The van der Waals surface area contributed by atoms with Crippen molar-refractivity contribution >= 4 is 50.5 Å². The maximum absolute atomic E-state index is 13.4. The summed E-state index contributed by atoms with van der Waals surface area (Å²) in [4.78, 5) is 13.0. The quantitative estimate of drug-likeness (QED) is 0.718. The molecule has 0 aliphatic heterocycles. The molecule has 0 saturated heterocycles. The maximum Gasteiger partial charge on any atom is 0.243 e. The second kappa shape index (κ2) is 8.49. The molecule has 9 heteroatoms. The van der Waals surface area contributed by atoms with Crippen molar-refractivity contribution in [1.29, 1.82) is 0 Å². The van der Waals surface area contributed by atoms with Gasteiger partial charge in [-0.3, -0.25) is 4.79 Å². The van der Waals surface area contributed by atoms with Gasteiger partial charge in [-0.05, 0) is 49.2 Å². The Hall–Kier alpha value is -1.12. The zero-order valence-corrected chi connectivity index (χ0v) is 17.6. The first kappa shape index (κ1) is 20.6. The standard InChI is InChI=1S/C18H20Cl2N2O3S2/c19-12-5-8-14(9-6-12)27(24,25)22(11-13-7-10-17(20)26-13)16-4-2-1-3-15(16)18(21)23/h5-10,15-16H,1-4,11H2,(H2,21,23)/t15-,16+/m0/s1. The number of sulfonamides is 1. The van der Waals surface area contributed by atoms with Gasteiger partial charge in [0.15, 0.2) is 0 Å². The van der Waals surface area contributed by atoms with Gasteiger partial charge < -0.3 is 5.73 Å². The van der Waals surface area contributed by atoms with Crippen LogP contribution < -0.4 is 5.73 Å². The van der Waals surface area contributed by atoms with Gasteiger partial charge in [0, 0.05) is 22.5 Å². The third-order valence-corrected chi connectivity index (χ3v) is 8.18. The van der Waals surface area contributed by atoms with Crippen molar-refractivity contribution in [2.24, 2.45) is 11.7 Å². The van der Waals surface area contributed by atoms with E-state index in [9.17, 15) is 13.2 Å². The van der Waals surface area contributed by atoms with Crippen molar-refractivity contribution in [1.82, 2.24) is 4.31 Å². The molecule has 146 valence electrons. The fraction of sp³-hybridized carbons (Fsp3) is 0.389. The van der Waals surface area contributed by atoms with Crippen LogP contribution in [0.5, 0.6) is 0 Å². The summed E-state index contributed by atoms with van der Waals surface area (Å²) < 4.78 is 28.8. The van der Waals surface area contributed by atoms with Gasteiger partial charge in [-0.2, -0.15) is 4.31 Å². The monoisotopic (exact) mass is 446 g/mol. The average Bonchev–Trinajstić information content (AvgIpc) is 3.05. The van der Waals surface area contributed by atoms with Crippen LogP contribution in [0.1, 0.15) is 30.6 Å². The molecule has 0 radical (unpaired) electrons. The number of carbonyl (C=O) groups excluding carboxylic acids is 1. The Kier molecular flexibility index (Phi) is 6.48. The third kappa shape index (κ3) is 4.66. The summed E-state index contributed by atoms with van der Waals surface area (Å²) in [5, 5.41) is 0.457. The summed E-state index contributed by atoms with van der Waals surface area (Å²) >= 11 is 13.2. The number of amides is 1. The van der Waals surface area contributed by atoms with Gasteiger partial charge in [-0.25, -0.2) is 8.42 Å². The molecule has 1 saturated carbocycles. The van der Waals surface area contributed by atoms with E-state index in [1.807, 2.05) is 0 Å². The molecule has 2 atom stereocenters. The number of benzene rings is 1. The number of rotatable bonds is 6. The van der Waals surface area contributed by atoms with E-state index in [-0.39, 0.29) is 11.4 Å². The number of primary amides is 1. The zero-order valence-electron chi connectivity index (χ0n) is 14.5. The highest BCUT2D eigenvalue weighted by Gasteiger charge is 2.40. The lowest BCUT2D eigenvalue weighted by Crippen LogP contribution is -2.49. The van der Waals surface area contributed by atoms with E-state index in [0.717, 1.165) is 17.7 Å². The van der Waals surface area contributed by atoms with E-state index < -0.39 is 27.9 Å². The van der Waals surface area contributed by atoms with Gasteiger partial charge in [0.2, 0.25) is 15.9 Å². The van der Waals surface area contributed by atoms with Crippen molar-refractivity contribution in [2.45, 2.75) is 43.2 Å². The summed E-state index contributed by atoms with van der Waals surface area (Å²) in [6, 6.07) is 9.11. The number of nitrogens with zero attached hydrogens (tertiary/aromatic N) is 1. The highest BCUT2D eigenvalue weighted by Crippen LogP contribution is 2.35. The van der Waals surface area contributed by atoms with E-state index in [2.05, 4.69) is 0 Å². The van der Waals surface area contributed by atoms with Crippen molar-refractivity contribution in [3.8, 4) is 0 Å². The molecular formula is C18H20Cl2N2O3S2. The topological polar surface area (TPSA) is 80.5 Å². The molecule has 1 fully saturated rings. The molecule has 1 heterocycles. The lowest BCUT2D eigenvalue weighted by Gasteiger charge is -2.37. The van der Waals surface area contributed by atoms with Crippen LogP contribution in [0.2, 0.25) is 9.36 Å². The molecule has 5 nitrogen and oxygen atoms in total. The van der Waals surface area contributed by atoms with Gasteiger partial charge >= 0.3 is 0 Å². The zero-order chi connectivity index (χ0) is 19.6. The normalized spacial score (nSPS) is 20.7. The Labute approximate surface area is 173 Å². The summed E-state index contributed by atoms with van der Waals surface area (Å²) in [6.07, 6.45) is 2.91. The molecule has 2 N–H and O–H groups in total. The van der Waals surface area contributed by atoms with Gasteiger partial charge in [-0.15, -0.1) is 11.3 Å². The van der Waals surface area contributed by atoms with Gasteiger partial charge in [0.25, 0.3) is 0 Å². The fourth-order valence-electron chi connectivity index (χ4n) is 3.50. The molecule has 1 amide bonds. The van der Waals surface area contributed by atoms with Crippen LogP contribution in [0.25, 0.3) is 0 Å². The van der Waals surface area contributed by atoms with Crippen LogP contribution in [0.15, 0.2) is 41.3 Å². The number of hydrogen-bond donors (Lipinski definition) is 1. The summed E-state index contributed by atoms with van der Waals surface area (Å²) in [5.74, 6) is -0.962. The van der Waals surface area contributed by atoms with E-state index in [1.165, 1.54) is 27.8 Å². The average molecular weight is 447 g/mol. The number of hydrogen-bond acceptors (Lipinski definition) is 4. The van der Waals surface area contributed by atoms with Crippen molar-refractivity contribution < 1.29 is 13.2 Å². The molecule has 2 aromatic rings. The smallest absolute Gasteiger partial charge is 0.243 e. The highest BCUT2D eigenvalue weighted by atomic mass is 35.5. The number of thiophene rings is 1. The second-order valence-electron chi connectivity index (χ2n) is 6.57. The fourth-order valence-corrected chi connectivity index (χ4v) is 6.46. The van der Waals surface area contributed by atoms with Crippen LogP contribution >= 0.6 is 34.5 Å². The second-order valence-corrected chi connectivity index (χ2v) is 10.7. The van der Waals surface area contributed by atoms with Crippen LogP contribution in [0.3, 0.4) is 0 Å². The Morgan fingerprint density at radius 2 is 1.78 bits per heavy atom. The van der Waals surface area contributed by atoms with Crippen LogP contribution in [0, 0.1) is 5.92 Å². The minimum atomic E-state index is -3.84. The van der Waals surface area contributed by atoms with Gasteiger partial charge in [0.05, 0.1) is 15.1 Å². The molecular weight excluding hydrogens is 427 g/mol. The number of nitrogens with two attached hydrogens (primary N) is 1.